The summed E-state index contributed by atoms with van der Waals surface area (Å²) >= 11 is 6.04. The smallest absolute Gasteiger partial charge is 0.127 e. The molecule has 3 aromatic rings. The van der Waals surface area contributed by atoms with E-state index < -0.39 is 0 Å². The van der Waals surface area contributed by atoms with Gasteiger partial charge in [-0.1, -0.05) is 67.9 Å². The SMILES string of the molecule is CC(C)C(c1ccc(Cl)cc1)C(C#N)c1cccc(Oc2ccccc2)c1. The average molecular weight is 376 g/mol. The second kappa shape index (κ2) is 8.75. The van der Waals surface area contributed by atoms with Crippen molar-refractivity contribution in [2.75, 3.05) is 0 Å². The molecule has 2 unspecified atom stereocenters. The van der Waals surface area contributed by atoms with Crippen molar-refractivity contribution in [1.29, 1.82) is 5.26 Å². The van der Waals surface area contributed by atoms with Crippen molar-refractivity contribution in [1.82, 2.24) is 0 Å². The fourth-order valence-corrected chi connectivity index (χ4v) is 3.53. The fraction of sp³-hybridized carbons (Fsp3) is 0.208. The van der Waals surface area contributed by atoms with Gasteiger partial charge in [-0.15, -0.1) is 0 Å². The summed E-state index contributed by atoms with van der Waals surface area (Å²) in [6, 6.07) is 27.8. The van der Waals surface area contributed by atoms with Crippen LogP contribution >= 0.6 is 11.6 Å². The first-order valence-corrected chi connectivity index (χ1v) is 9.44. The van der Waals surface area contributed by atoms with Crippen LogP contribution in [0.4, 0.5) is 0 Å². The molecular weight excluding hydrogens is 354 g/mol. The van der Waals surface area contributed by atoms with E-state index in [2.05, 4.69) is 19.9 Å². The Hall–Kier alpha value is -2.76. The molecule has 0 aromatic heterocycles. The van der Waals surface area contributed by atoms with E-state index in [0.717, 1.165) is 22.6 Å². The van der Waals surface area contributed by atoms with Crippen LogP contribution in [0.15, 0.2) is 78.9 Å². The summed E-state index contributed by atoms with van der Waals surface area (Å²) in [7, 11) is 0. The highest BCUT2D eigenvalue weighted by atomic mass is 35.5. The molecule has 0 amide bonds. The summed E-state index contributed by atoms with van der Waals surface area (Å²) in [4.78, 5) is 0. The molecule has 0 saturated heterocycles. The topological polar surface area (TPSA) is 33.0 Å². The second-order valence-electron chi connectivity index (χ2n) is 6.92. The predicted octanol–water partition coefficient (Wildman–Crippen LogP) is 7.18. The highest BCUT2D eigenvalue weighted by Crippen LogP contribution is 2.39. The summed E-state index contributed by atoms with van der Waals surface area (Å²) in [6.45, 7) is 4.29. The van der Waals surface area contributed by atoms with E-state index >= 15 is 0 Å². The van der Waals surface area contributed by atoms with Crippen LogP contribution in [-0.2, 0) is 0 Å². The van der Waals surface area contributed by atoms with E-state index in [9.17, 15) is 5.26 Å². The normalized spacial score (nSPS) is 13.0. The fourth-order valence-electron chi connectivity index (χ4n) is 3.41. The van der Waals surface area contributed by atoms with Crippen molar-refractivity contribution in [2.45, 2.75) is 25.7 Å². The summed E-state index contributed by atoms with van der Waals surface area (Å²) in [5.74, 6) is 1.61. The van der Waals surface area contributed by atoms with Crippen molar-refractivity contribution in [3.63, 3.8) is 0 Å². The first kappa shape index (κ1) is 19.0. The second-order valence-corrected chi connectivity index (χ2v) is 7.35. The van der Waals surface area contributed by atoms with Crippen molar-refractivity contribution in [3.8, 4) is 17.6 Å². The van der Waals surface area contributed by atoms with Gasteiger partial charge in [-0.2, -0.15) is 5.26 Å². The number of nitriles is 1. The molecule has 3 rings (SSSR count). The Bertz CT molecular complexity index is 913. The molecule has 0 N–H and O–H groups in total. The number of hydrogen-bond acceptors (Lipinski definition) is 2. The maximum absolute atomic E-state index is 9.98. The Morgan fingerprint density at radius 2 is 1.48 bits per heavy atom. The molecule has 2 atom stereocenters. The van der Waals surface area contributed by atoms with Crippen LogP contribution in [0.2, 0.25) is 5.02 Å². The number of para-hydroxylation sites is 1. The molecule has 0 radical (unpaired) electrons. The van der Waals surface area contributed by atoms with Crippen molar-refractivity contribution in [3.05, 3.63) is 95.0 Å². The van der Waals surface area contributed by atoms with Gasteiger partial charge < -0.3 is 4.74 Å². The number of hydrogen-bond donors (Lipinski definition) is 0. The highest BCUT2D eigenvalue weighted by molar-refractivity contribution is 6.30. The number of halogens is 1. The van der Waals surface area contributed by atoms with E-state index in [1.165, 1.54) is 0 Å². The Morgan fingerprint density at radius 3 is 2.11 bits per heavy atom. The van der Waals surface area contributed by atoms with Crippen LogP contribution in [0, 0.1) is 17.2 Å². The third-order valence-corrected chi connectivity index (χ3v) is 4.92. The van der Waals surface area contributed by atoms with E-state index in [-0.39, 0.29) is 11.8 Å². The molecule has 2 nitrogen and oxygen atoms in total. The van der Waals surface area contributed by atoms with Gasteiger partial charge >= 0.3 is 0 Å². The number of benzene rings is 3. The molecule has 0 bridgehead atoms. The maximum Gasteiger partial charge on any atom is 0.127 e. The first-order valence-electron chi connectivity index (χ1n) is 9.06. The van der Waals surface area contributed by atoms with Crippen molar-refractivity contribution >= 4 is 11.6 Å². The van der Waals surface area contributed by atoms with E-state index in [4.69, 9.17) is 16.3 Å². The van der Waals surface area contributed by atoms with Gasteiger partial charge in [0.25, 0.3) is 0 Å². The Kier molecular flexibility index (Phi) is 6.16. The minimum absolute atomic E-state index is 0.0687. The maximum atomic E-state index is 9.98. The lowest BCUT2D eigenvalue weighted by molar-refractivity contribution is 0.460. The molecule has 136 valence electrons. The van der Waals surface area contributed by atoms with Gasteiger partial charge in [0.15, 0.2) is 0 Å². The first-order chi connectivity index (χ1) is 13.1. The minimum atomic E-state index is -0.273. The summed E-state index contributed by atoms with van der Waals surface area (Å²) in [5.41, 5.74) is 2.08. The van der Waals surface area contributed by atoms with Gasteiger partial charge in [-0.05, 0) is 53.4 Å². The molecule has 0 aliphatic heterocycles. The molecule has 0 saturated carbocycles. The van der Waals surface area contributed by atoms with Crippen LogP contribution in [-0.4, -0.2) is 0 Å². The Morgan fingerprint density at radius 1 is 0.815 bits per heavy atom. The number of nitrogens with zero attached hydrogens (tertiary/aromatic N) is 1. The highest BCUT2D eigenvalue weighted by Gasteiger charge is 2.28. The van der Waals surface area contributed by atoms with Gasteiger partial charge in [0.1, 0.15) is 11.5 Å². The third-order valence-electron chi connectivity index (χ3n) is 4.67. The summed E-state index contributed by atoms with van der Waals surface area (Å²) in [5, 5.41) is 10.7. The van der Waals surface area contributed by atoms with Crippen LogP contribution < -0.4 is 4.74 Å². The largest absolute Gasteiger partial charge is 0.457 e. The number of ether oxygens (including phenoxy) is 1. The van der Waals surface area contributed by atoms with Crippen LogP contribution in [0.5, 0.6) is 11.5 Å². The van der Waals surface area contributed by atoms with Gasteiger partial charge in [0.2, 0.25) is 0 Å². The van der Waals surface area contributed by atoms with Gasteiger partial charge in [0.05, 0.1) is 12.0 Å². The molecule has 0 aliphatic carbocycles. The van der Waals surface area contributed by atoms with Gasteiger partial charge in [0, 0.05) is 10.9 Å². The molecule has 27 heavy (non-hydrogen) atoms. The summed E-state index contributed by atoms with van der Waals surface area (Å²) < 4.78 is 5.95. The third kappa shape index (κ3) is 4.70. The Balaban J connectivity index is 1.93. The van der Waals surface area contributed by atoms with Crippen molar-refractivity contribution in [2.24, 2.45) is 5.92 Å². The van der Waals surface area contributed by atoms with E-state index in [1.807, 2.05) is 78.9 Å². The standard InChI is InChI=1S/C24H22ClNO/c1-17(2)24(18-11-13-20(25)14-12-18)23(16-26)19-7-6-10-22(15-19)27-21-8-4-3-5-9-21/h3-15,17,23-24H,1-2H3. The molecule has 0 aliphatic rings. The Labute approximate surface area is 166 Å². The number of rotatable bonds is 6. The van der Waals surface area contributed by atoms with Crippen LogP contribution in [0.25, 0.3) is 0 Å². The van der Waals surface area contributed by atoms with Crippen LogP contribution in [0.3, 0.4) is 0 Å². The zero-order valence-corrected chi connectivity index (χ0v) is 16.2. The van der Waals surface area contributed by atoms with Gasteiger partial charge in [-0.25, -0.2) is 0 Å². The molecule has 0 fully saturated rings. The minimum Gasteiger partial charge on any atom is -0.457 e. The lowest BCUT2D eigenvalue weighted by Gasteiger charge is -2.27. The molecule has 3 heteroatoms. The zero-order chi connectivity index (χ0) is 19.2. The molecule has 0 spiro atoms. The van der Waals surface area contributed by atoms with Gasteiger partial charge in [-0.3, -0.25) is 0 Å². The van der Waals surface area contributed by atoms with E-state index in [1.54, 1.807) is 0 Å². The quantitative estimate of drug-likeness (QED) is 0.457. The molecule has 0 heterocycles. The monoisotopic (exact) mass is 375 g/mol. The zero-order valence-electron chi connectivity index (χ0n) is 15.5. The summed E-state index contributed by atoms with van der Waals surface area (Å²) in [6.07, 6.45) is 0. The van der Waals surface area contributed by atoms with Crippen LogP contribution in [0.1, 0.15) is 36.8 Å². The molecule has 3 aromatic carbocycles. The van der Waals surface area contributed by atoms with Crippen molar-refractivity contribution < 1.29 is 4.74 Å². The molecular formula is C24H22ClNO. The van der Waals surface area contributed by atoms with E-state index in [0.29, 0.717) is 10.9 Å². The lowest BCUT2D eigenvalue weighted by atomic mass is 9.76. The predicted molar refractivity (Wildman–Crippen MR) is 110 cm³/mol. The lowest BCUT2D eigenvalue weighted by Crippen LogP contribution is -2.16. The average Bonchev–Trinajstić information content (AvgIpc) is 2.68.